The summed E-state index contributed by atoms with van der Waals surface area (Å²) in [6.07, 6.45) is 1.24. The van der Waals surface area contributed by atoms with E-state index in [0.29, 0.717) is 12.1 Å². The van der Waals surface area contributed by atoms with Crippen molar-refractivity contribution in [1.29, 1.82) is 0 Å². The Morgan fingerprint density at radius 3 is 2.39 bits per heavy atom. The predicted molar refractivity (Wildman–Crippen MR) is 78.5 cm³/mol. The summed E-state index contributed by atoms with van der Waals surface area (Å²) < 4.78 is 5.56. The minimum atomic E-state index is -1.41. The molecule has 0 aromatic heterocycles. The SMILES string of the molecule is CC(C)CCSCCOc1ccc(B(O)O)cc1. The Morgan fingerprint density at radius 2 is 1.83 bits per heavy atom. The molecule has 0 amide bonds. The van der Waals surface area contributed by atoms with Crippen molar-refractivity contribution < 1.29 is 14.8 Å². The molecular formula is C13H21BO3S. The predicted octanol–water partition coefficient (Wildman–Crippen LogP) is 1.52. The van der Waals surface area contributed by atoms with Gasteiger partial charge in [0.2, 0.25) is 0 Å². The number of rotatable bonds is 8. The quantitative estimate of drug-likeness (QED) is 0.554. The van der Waals surface area contributed by atoms with Gasteiger partial charge >= 0.3 is 7.12 Å². The molecule has 18 heavy (non-hydrogen) atoms. The van der Waals surface area contributed by atoms with Crippen molar-refractivity contribution in [3.63, 3.8) is 0 Å². The van der Waals surface area contributed by atoms with Gasteiger partial charge in [0.1, 0.15) is 5.75 Å². The summed E-state index contributed by atoms with van der Waals surface area (Å²) in [5.41, 5.74) is 0.480. The van der Waals surface area contributed by atoms with Crippen LogP contribution in [-0.4, -0.2) is 35.3 Å². The fourth-order valence-electron chi connectivity index (χ4n) is 1.38. The molecule has 0 atom stereocenters. The number of thioether (sulfide) groups is 1. The minimum absolute atomic E-state index is 0.480. The maximum absolute atomic E-state index is 8.94. The van der Waals surface area contributed by atoms with Gasteiger partial charge in [-0.2, -0.15) is 11.8 Å². The highest BCUT2D eigenvalue weighted by Gasteiger charge is 2.09. The zero-order chi connectivity index (χ0) is 13.4. The Bertz CT molecular complexity index is 328. The molecule has 0 saturated carbocycles. The van der Waals surface area contributed by atoms with Crippen LogP contribution in [0.25, 0.3) is 0 Å². The molecule has 1 aromatic rings. The Labute approximate surface area is 114 Å². The van der Waals surface area contributed by atoms with Gasteiger partial charge in [0.15, 0.2) is 0 Å². The lowest BCUT2D eigenvalue weighted by Gasteiger charge is -2.07. The van der Waals surface area contributed by atoms with Crippen LogP contribution in [0.2, 0.25) is 0 Å². The highest BCUT2D eigenvalue weighted by molar-refractivity contribution is 7.99. The Balaban J connectivity index is 2.15. The zero-order valence-corrected chi connectivity index (χ0v) is 11.8. The van der Waals surface area contributed by atoms with Gasteiger partial charge in [-0.05, 0) is 35.7 Å². The Morgan fingerprint density at radius 1 is 1.17 bits per heavy atom. The molecule has 0 heterocycles. The molecule has 0 radical (unpaired) electrons. The minimum Gasteiger partial charge on any atom is -0.493 e. The molecule has 0 unspecified atom stereocenters. The van der Waals surface area contributed by atoms with Gasteiger partial charge in [0.05, 0.1) is 6.61 Å². The maximum atomic E-state index is 8.94. The van der Waals surface area contributed by atoms with Crippen molar-refractivity contribution in [2.24, 2.45) is 5.92 Å². The van der Waals surface area contributed by atoms with E-state index in [4.69, 9.17) is 14.8 Å². The number of hydrogen-bond acceptors (Lipinski definition) is 4. The molecule has 0 aliphatic rings. The van der Waals surface area contributed by atoms with E-state index in [9.17, 15) is 0 Å². The van der Waals surface area contributed by atoms with Crippen molar-refractivity contribution in [2.45, 2.75) is 20.3 Å². The third-order valence-corrected chi connectivity index (χ3v) is 3.49. The van der Waals surface area contributed by atoms with Crippen LogP contribution in [0, 0.1) is 5.92 Å². The van der Waals surface area contributed by atoms with Gasteiger partial charge in [-0.1, -0.05) is 26.0 Å². The van der Waals surface area contributed by atoms with Crippen LogP contribution >= 0.6 is 11.8 Å². The molecular weight excluding hydrogens is 247 g/mol. The van der Waals surface area contributed by atoms with Crippen LogP contribution in [0.5, 0.6) is 5.75 Å². The number of hydrogen-bond donors (Lipinski definition) is 2. The van der Waals surface area contributed by atoms with Crippen LogP contribution in [0.15, 0.2) is 24.3 Å². The van der Waals surface area contributed by atoms with Crippen LogP contribution in [0.3, 0.4) is 0 Å². The topological polar surface area (TPSA) is 49.7 Å². The second-order valence-electron chi connectivity index (χ2n) is 4.59. The van der Waals surface area contributed by atoms with Gasteiger partial charge in [-0.15, -0.1) is 0 Å². The highest BCUT2D eigenvalue weighted by Crippen LogP contribution is 2.11. The van der Waals surface area contributed by atoms with Crippen LogP contribution in [-0.2, 0) is 0 Å². The summed E-state index contributed by atoms with van der Waals surface area (Å²) in [6.45, 7) is 5.15. The Kier molecular flexibility index (Phi) is 7.24. The molecule has 0 saturated heterocycles. The summed E-state index contributed by atoms with van der Waals surface area (Å²) in [7, 11) is -1.41. The molecule has 0 fully saturated rings. The van der Waals surface area contributed by atoms with Crippen molar-refractivity contribution in [3.05, 3.63) is 24.3 Å². The van der Waals surface area contributed by atoms with E-state index in [-0.39, 0.29) is 0 Å². The zero-order valence-electron chi connectivity index (χ0n) is 11.0. The fourth-order valence-corrected chi connectivity index (χ4v) is 2.42. The maximum Gasteiger partial charge on any atom is 0.488 e. The summed E-state index contributed by atoms with van der Waals surface area (Å²) in [5, 5.41) is 17.9. The molecule has 1 aromatic carbocycles. The molecule has 0 aliphatic heterocycles. The summed E-state index contributed by atoms with van der Waals surface area (Å²) in [4.78, 5) is 0. The molecule has 100 valence electrons. The normalized spacial score (nSPS) is 10.7. The van der Waals surface area contributed by atoms with E-state index >= 15 is 0 Å². The number of ether oxygens (including phenoxy) is 1. The van der Waals surface area contributed by atoms with Crippen molar-refractivity contribution in [2.75, 3.05) is 18.1 Å². The average Bonchev–Trinajstić information content (AvgIpc) is 2.34. The molecule has 1 rings (SSSR count). The third kappa shape index (κ3) is 6.33. The highest BCUT2D eigenvalue weighted by atomic mass is 32.2. The fraction of sp³-hybridized carbons (Fsp3) is 0.538. The average molecular weight is 268 g/mol. The summed E-state index contributed by atoms with van der Waals surface area (Å²) >= 11 is 1.90. The van der Waals surface area contributed by atoms with E-state index in [1.165, 1.54) is 12.2 Å². The van der Waals surface area contributed by atoms with Gasteiger partial charge in [-0.3, -0.25) is 0 Å². The monoisotopic (exact) mass is 268 g/mol. The number of benzene rings is 1. The van der Waals surface area contributed by atoms with E-state index in [1.807, 2.05) is 11.8 Å². The first kappa shape index (κ1) is 15.4. The lowest BCUT2D eigenvalue weighted by atomic mass is 9.80. The molecule has 0 bridgehead atoms. The second kappa shape index (κ2) is 8.46. The lowest BCUT2D eigenvalue weighted by molar-refractivity contribution is 0.344. The molecule has 0 aliphatic carbocycles. The smallest absolute Gasteiger partial charge is 0.488 e. The first-order chi connectivity index (χ1) is 8.59. The Hall–Kier alpha value is -0.645. The van der Waals surface area contributed by atoms with Crippen molar-refractivity contribution in [3.8, 4) is 5.75 Å². The van der Waals surface area contributed by atoms with Crippen molar-refractivity contribution in [1.82, 2.24) is 0 Å². The van der Waals surface area contributed by atoms with Crippen molar-refractivity contribution >= 4 is 24.3 Å². The molecule has 3 nitrogen and oxygen atoms in total. The third-order valence-electron chi connectivity index (χ3n) is 2.51. The van der Waals surface area contributed by atoms with E-state index < -0.39 is 7.12 Å². The molecule has 5 heteroatoms. The van der Waals surface area contributed by atoms with Gasteiger partial charge in [0, 0.05) is 5.75 Å². The van der Waals surface area contributed by atoms with Gasteiger partial charge in [0.25, 0.3) is 0 Å². The van der Waals surface area contributed by atoms with Gasteiger partial charge < -0.3 is 14.8 Å². The van der Waals surface area contributed by atoms with E-state index in [2.05, 4.69) is 13.8 Å². The standard InChI is InChI=1S/C13H21BO3S/c1-11(2)7-9-18-10-8-17-13-5-3-12(4-6-13)14(15)16/h3-6,11,15-16H,7-10H2,1-2H3. The molecule has 2 N–H and O–H groups in total. The first-order valence-corrected chi connectivity index (χ1v) is 7.41. The summed E-state index contributed by atoms with van der Waals surface area (Å²) in [6, 6.07) is 6.83. The second-order valence-corrected chi connectivity index (χ2v) is 5.81. The first-order valence-electron chi connectivity index (χ1n) is 6.26. The van der Waals surface area contributed by atoms with Gasteiger partial charge in [-0.25, -0.2) is 0 Å². The van der Waals surface area contributed by atoms with Crippen LogP contribution in [0.4, 0.5) is 0 Å². The van der Waals surface area contributed by atoms with Crippen LogP contribution in [0.1, 0.15) is 20.3 Å². The van der Waals surface area contributed by atoms with E-state index in [0.717, 1.165) is 17.4 Å². The largest absolute Gasteiger partial charge is 0.493 e. The van der Waals surface area contributed by atoms with Crippen LogP contribution < -0.4 is 10.2 Å². The summed E-state index contributed by atoms with van der Waals surface area (Å²) in [5.74, 6) is 3.69. The molecule has 0 spiro atoms. The van der Waals surface area contributed by atoms with E-state index in [1.54, 1.807) is 24.3 Å². The lowest BCUT2D eigenvalue weighted by Crippen LogP contribution is -2.29.